The molecule has 0 aliphatic carbocycles. The zero-order valence-corrected chi connectivity index (χ0v) is 13.8. The Bertz CT molecular complexity index is 655. The van der Waals surface area contributed by atoms with Crippen LogP contribution in [0, 0.1) is 5.92 Å². The molecule has 0 saturated carbocycles. The number of hydrogen-bond donors (Lipinski definition) is 2. The predicted octanol–water partition coefficient (Wildman–Crippen LogP) is 3.59. The van der Waals surface area contributed by atoms with Crippen LogP contribution in [-0.2, 0) is 16.0 Å². The van der Waals surface area contributed by atoms with E-state index in [1.165, 1.54) is 5.56 Å². The Kier molecular flexibility index (Phi) is 6.55. The van der Waals surface area contributed by atoms with E-state index in [2.05, 4.69) is 5.32 Å². The van der Waals surface area contributed by atoms with Gasteiger partial charge in [-0.25, -0.2) is 0 Å². The largest absolute Gasteiger partial charge is 0.481 e. The Labute approximate surface area is 142 Å². The van der Waals surface area contributed by atoms with Crippen LogP contribution < -0.4 is 5.32 Å². The number of hydrogen-bond acceptors (Lipinski definition) is 2. The van der Waals surface area contributed by atoms with Crippen molar-refractivity contribution in [2.75, 3.05) is 0 Å². The zero-order valence-electron chi connectivity index (χ0n) is 13.8. The third-order valence-corrected chi connectivity index (χ3v) is 4.08. The molecule has 4 heteroatoms. The fraction of sp³-hybridized carbons (Fsp3) is 0.300. The van der Waals surface area contributed by atoms with Crippen molar-refractivity contribution in [3.63, 3.8) is 0 Å². The molecule has 0 spiro atoms. The summed E-state index contributed by atoms with van der Waals surface area (Å²) < 4.78 is 0. The Morgan fingerprint density at radius 2 is 1.58 bits per heavy atom. The predicted molar refractivity (Wildman–Crippen MR) is 93.5 cm³/mol. The molecule has 0 heterocycles. The molecule has 126 valence electrons. The monoisotopic (exact) mass is 325 g/mol. The zero-order chi connectivity index (χ0) is 17.4. The molecule has 2 aromatic rings. The van der Waals surface area contributed by atoms with E-state index >= 15 is 0 Å². The van der Waals surface area contributed by atoms with Crippen LogP contribution >= 0.6 is 0 Å². The van der Waals surface area contributed by atoms with E-state index in [0.29, 0.717) is 6.42 Å². The summed E-state index contributed by atoms with van der Waals surface area (Å²) in [5.74, 6) is -1.73. The average molecular weight is 325 g/mol. The Balaban J connectivity index is 1.93. The molecule has 2 rings (SSSR count). The highest BCUT2D eigenvalue weighted by atomic mass is 16.4. The molecule has 0 saturated heterocycles. The van der Waals surface area contributed by atoms with E-state index in [4.69, 9.17) is 0 Å². The van der Waals surface area contributed by atoms with Gasteiger partial charge in [-0.05, 0) is 30.9 Å². The van der Waals surface area contributed by atoms with Crippen LogP contribution in [0.3, 0.4) is 0 Å². The third kappa shape index (κ3) is 5.23. The molecule has 2 aromatic carbocycles. The summed E-state index contributed by atoms with van der Waals surface area (Å²) in [4.78, 5) is 23.6. The highest BCUT2D eigenvalue weighted by Crippen LogP contribution is 2.22. The normalized spacial score (nSPS) is 13.0. The number of carboxylic acids is 1. The quantitative estimate of drug-likeness (QED) is 0.779. The fourth-order valence-electron chi connectivity index (χ4n) is 2.64. The first-order valence-corrected chi connectivity index (χ1v) is 8.19. The summed E-state index contributed by atoms with van der Waals surface area (Å²) in [6, 6.07) is 18.7. The molecule has 0 fully saturated rings. The van der Waals surface area contributed by atoms with Crippen LogP contribution in [0.2, 0.25) is 0 Å². The molecular formula is C20H23NO3. The maximum atomic E-state index is 12.2. The third-order valence-electron chi connectivity index (χ3n) is 4.08. The van der Waals surface area contributed by atoms with E-state index in [9.17, 15) is 14.7 Å². The van der Waals surface area contributed by atoms with E-state index < -0.39 is 17.9 Å². The lowest BCUT2D eigenvalue weighted by molar-refractivity contribution is -0.142. The van der Waals surface area contributed by atoms with E-state index in [1.54, 1.807) is 6.92 Å². The number of carbonyl (C=O) groups excluding carboxylic acids is 1. The number of nitrogens with one attached hydrogen (secondary N) is 1. The molecule has 2 atom stereocenters. The fourth-order valence-corrected chi connectivity index (χ4v) is 2.64. The van der Waals surface area contributed by atoms with Gasteiger partial charge in [0.25, 0.3) is 0 Å². The second-order valence-electron chi connectivity index (χ2n) is 5.92. The van der Waals surface area contributed by atoms with Gasteiger partial charge in [0.15, 0.2) is 0 Å². The van der Waals surface area contributed by atoms with Gasteiger partial charge < -0.3 is 10.4 Å². The van der Waals surface area contributed by atoms with Gasteiger partial charge >= 0.3 is 5.97 Å². The lowest BCUT2D eigenvalue weighted by Gasteiger charge is -2.23. The van der Waals surface area contributed by atoms with Crippen LogP contribution in [0.15, 0.2) is 60.7 Å². The molecule has 2 unspecified atom stereocenters. The van der Waals surface area contributed by atoms with Gasteiger partial charge in [0, 0.05) is 6.42 Å². The van der Waals surface area contributed by atoms with Crippen molar-refractivity contribution in [2.45, 2.75) is 32.2 Å². The number of amides is 1. The lowest BCUT2D eigenvalue weighted by Crippen LogP contribution is -2.35. The van der Waals surface area contributed by atoms with Gasteiger partial charge in [0.2, 0.25) is 5.91 Å². The molecule has 0 aliphatic heterocycles. The lowest BCUT2D eigenvalue weighted by atomic mass is 9.94. The molecule has 0 radical (unpaired) electrons. The summed E-state index contributed by atoms with van der Waals surface area (Å²) in [6.45, 7) is 1.62. The van der Waals surface area contributed by atoms with Gasteiger partial charge in [-0.2, -0.15) is 0 Å². The molecule has 0 aliphatic rings. The second-order valence-corrected chi connectivity index (χ2v) is 5.92. The second kappa shape index (κ2) is 8.87. The van der Waals surface area contributed by atoms with Gasteiger partial charge in [-0.1, -0.05) is 60.7 Å². The molecular weight excluding hydrogens is 302 g/mol. The summed E-state index contributed by atoms with van der Waals surface area (Å²) >= 11 is 0. The summed E-state index contributed by atoms with van der Waals surface area (Å²) in [5.41, 5.74) is 2.01. The van der Waals surface area contributed by atoms with Crippen LogP contribution in [0.5, 0.6) is 0 Å². The molecule has 0 aromatic heterocycles. The number of aryl methyl sites for hydroxylation is 1. The van der Waals surface area contributed by atoms with Crippen molar-refractivity contribution < 1.29 is 14.7 Å². The minimum atomic E-state index is -0.923. The number of benzene rings is 2. The number of rotatable bonds is 8. The Hall–Kier alpha value is -2.62. The van der Waals surface area contributed by atoms with Gasteiger partial charge in [0.05, 0.1) is 12.0 Å². The van der Waals surface area contributed by atoms with E-state index in [1.807, 2.05) is 60.7 Å². The Morgan fingerprint density at radius 3 is 2.17 bits per heavy atom. The van der Waals surface area contributed by atoms with Crippen molar-refractivity contribution in [3.05, 3.63) is 71.8 Å². The van der Waals surface area contributed by atoms with E-state index in [0.717, 1.165) is 18.4 Å². The van der Waals surface area contributed by atoms with Crippen LogP contribution in [0.4, 0.5) is 0 Å². The first-order valence-electron chi connectivity index (χ1n) is 8.19. The van der Waals surface area contributed by atoms with E-state index in [-0.39, 0.29) is 5.91 Å². The van der Waals surface area contributed by atoms with Gasteiger partial charge in [0.1, 0.15) is 0 Å². The smallest absolute Gasteiger partial charge is 0.308 e. The molecule has 2 N–H and O–H groups in total. The first-order chi connectivity index (χ1) is 11.6. The SMILES string of the molecule is CC(C(=O)O)C(NC(=O)CCCc1ccccc1)c1ccccc1. The molecule has 1 amide bonds. The maximum Gasteiger partial charge on any atom is 0.308 e. The first kappa shape index (κ1) is 17.7. The van der Waals surface area contributed by atoms with Gasteiger partial charge in [-0.3, -0.25) is 9.59 Å². The molecule has 4 nitrogen and oxygen atoms in total. The van der Waals surface area contributed by atoms with Crippen molar-refractivity contribution in [1.29, 1.82) is 0 Å². The van der Waals surface area contributed by atoms with Crippen LogP contribution in [0.1, 0.15) is 36.9 Å². The number of carbonyl (C=O) groups is 2. The van der Waals surface area contributed by atoms with Crippen molar-refractivity contribution >= 4 is 11.9 Å². The average Bonchev–Trinajstić information content (AvgIpc) is 2.60. The summed E-state index contributed by atoms with van der Waals surface area (Å²) in [5, 5.41) is 12.2. The highest BCUT2D eigenvalue weighted by Gasteiger charge is 2.26. The minimum absolute atomic E-state index is 0.118. The molecule has 0 bridgehead atoms. The standard InChI is InChI=1S/C20H23NO3/c1-15(20(23)24)19(17-12-6-3-7-13-17)21-18(22)14-8-11-16-9-4-2-5-10-16/h2-7,9-10,12-13,15,19H,8,11,14H2,1H3,(H,21,22)(H,23,24). The number of aliphatic carboxylic acids is 1. The van der Waals surface area contributed by atoms with Gasteiger partial charge in [-0.15, -0.1) is 0 Å². The summed E-state index contributed by atoms with van der Waals surface area (Å²) in [7, 11) is 0. The number of carboxylic acid groups (broad SMARTS) is 1. The van der Waals surface area contributed by atoms with Crippen molar-refractivity contribution in [3.8, 4) is 0 Å². The highest BCUT2D eigenvalue weighted by molar-refractivity contribution is 5.78. The maximum absolute atomic E-state index is 12.2. The van der Waals surface area contributed by atoms with Crippen LogP contribution in [-0.4, -0.2) is 17.0 Å². The van der Waals surface area contributed by atoms with Crippen molar-refractivity contribution in [2.24, 2.45) is 5.92 Å². The van der Waals surface area contributed by atoms with Crippen LogP contribution in [0.25, 0.3) is 0 Å². The Morgan fingerprint density at radius 1 is 1.00 bits per heavy atom. The topological polar surface area (TPSA) is 66.4 Å². The summed E-state index contributed by atoms with van der Waals surface area (Å²) in [6.07, 6.45) is 1.95. The minimum Gasteiger partial charge on any atom is -0.481 e. The molecule has 24 heavy (non-hydrogen) atoms. The van der Waals surface area contributed by atoms with Crippen molar-refractivity contribution in [1.82, 2.24) is 5.32 Å².